The lowest BCUT2D eigenvalue weighted by molar-refractivity contribution is -0.139. The Morgan fingerprint density at radius 3 is 2.61 bits per heavy atom. The number of carbonyl (C=O) groups is 1. The summed E-state index contributed by atoms with van der Waals surface area (Å²) in [5, 5.41) is 0.597. The van der Waals surface area contributed by atoms with Crippen LogP contribution in [0, 0.1) is 0 Å². The molecular weight excluding hydrogens is 456 g/mol. The van der Waals surface area contributed by atoms with Crippen LogP contribution in [0.1, 0.15) is 56.3 Å². The van der Waals surface area contributed by atoms with Crippen LogP contribution in [0.4, 0.5) is 0 Å². The maximum absolute atomic E-state index is 13.6. The predicted molar refractivity (Wildman–Crippen MR) is 132 cm³/mol. The highest BCUT2D eigenvalue weighted by molar-refractivity contribution is 7.07. The molecule has 0 spiro atoms. The fourth-order valence-electron chi connectivity index (χ4n) is 3.92. The van der Waals surface area contributed by atoms with Crippen LogP contribution in [0.2, 0.25) is 5.02 Å². The molecule has 2 heterocycles. The molecule has 1 aromatic heterocycles. The van der Waals surface area contributed by atoms with Crippen LogP contribution in [0.15, 0.2) is 69.6 Å². The van der Waals surface area contributed by atoms with Gasteiger partial charge in [-0.25, -0.2) is 9.79 Å². The molecule has 3 aromatic rings. The molecule has 5 nitrogen and oxygen atoms in total. The van der Waals surface area contributed by atoms with E-state index in [9.17, 15) is 9.59 Å². The molecule has 0 amide bonds. The van der Waals surface area contributed by atoms with E-state index in [0.717, 1.165) is 11.1 Å². The van der Waals surface area contributed by atoms with Crippen LogP contribution in [-0.2, 0) is 9.53 Å². The summed E-state index contributed by atoms with van der Waals surface area (Å²) in [4.78, 5) is 31.7. The minimum absolute atomic E-state index is 0.203. The van der Waals surface area contributed by atoms with Gasteiger partial charge in [-0.15, -0.1) is 0 Å². The van der Waals surface area contributed by atoms with Crippen LogP contribution in [0.5, 0.6) is 0 Å². The molecule has 4 rings (SSSR count). The van der Waals surface area contributed by atoms with Crippen LogP contribution in [0.3, 0.4) is 0 Å². The number of allylic oxidation sites excluding steroid dienone is 1. The molecule has 170 valence electrons. The maximum Gasteiger partial charge on any atom is 0.338 e. The Morgan fingerprint density at radius 1 is 1.24 bits per heavy atom. The van der Waals surface area contributed by atoms with Gasteiger partial charge in [-0.2, -0.15) is 0 Å². The van der Waals surface area contributed by atoms with Gasteiger partial charge in [-0.05, 0) is 54.7 Å². The number of rotatable bonds is 5. The largest absolute Gasteiger partial charge is 0.463 e. The van der Waals surface area contributed by atoms with Gasteiger partial charge in [0.25, 0.3) is 5.56 Å². The highest BCUT2D eigenvalue weighted by Crippen LogP contribution is 2.31. The van der Waals surface area contributed by atoms with Gasteiger partial charge in [0.15, 0.2) is 4.80 Å². The molecule has 0 fully saturated rings. The lowest BCUT2D eigenvalue weighted by Crippen LogP contribution is -2.39. The first-order chi connectivity index (χ1) is 15.8. The Balaban J connectivity index is 1.94. The average molecular weight is 481 g/mol. The summed E-state index contributed by atoms with van der Waals surface area (Å²) in [5.74, 6) is -0.0821. The normalized spacial score (nSPS) is 16.1. The number of hydrogen-bond acceptors (Lipinski definition) is 5. The fraction of sp³-hybridized carbons (Fsp3) is 0.269. The second-order valence-corrected chi connectivity index (χ2v) is 9.62. The van der Waals surface area contributed by atoms with E-state index in [1.807, 2.05) is 36.4 Å². The maximum atomic E-state index is 13.6. The van der Waals surface area contributed by atoms with Gasteiger partial charge >= 0.3 is 5.97 Å². The summed E-state index contributed by atoms with van der Waals surface area (Å²) >= 11 is 7.42. The number of hydrogen-bond donors (Lipinski definition) is 0. The van der Waals surface area contributed by atoms with E-state index >= 15 is 0 Å². The van der Waals surface area contributed by atoms with Crippen LogP contribution in [-0.4, -0.2) is 17.1 Å². The number of thiazole rings is 1. The van der Waals surface area contributed by atoms with Gasteiger partial charge in [0.05, 0.1) is 28.5 Å². The van der Waals surface area contributed by atoms with Crippen LogP contribution in [0.25, 0.3) is 6.08 Å². The van der Waals surface area contributed by atoms with Crippen LogP contribution >= 0.6 is 22.9 Å². The van der Waals surface area contributed by atoms with Crippen molar-refractivity contribution in [1.29, 1.82) is 0 Å². The van der Waals surface area contributed by atoms with Gasteiger partial charge in [-0.3, -0.25) is 9.36 Å². The van der Waals surface area contributed by atoms with Gasteiger partial charge in [0.2, 0.25) is 0 Å². The van der Waals surface area contributed by atoms with E-state index in [1.54, 1.807) is 36.6 Å². The zero-order valence-corrected chi connectivity index (χ0v) is 20.5. The minimum Gasteiger partial charge on any atom is -0.463 e. The second kappa shape index (κ2) is 9.49. The van der Waals surface area contributed by atoms with E-state index < -0.39 is 12.0 Å². The summed E-state index contributed by atoms with van der Waals surface area (Å²) in [6.45, 7) is 8.05. The average Bonchev–Trinajstić information content (AvgIpc) is 3.07. The molecule has 0 N–H and O–H groups in total. The summed E-state index contributed by atoms with van der Waals surface area (Å²) in [6, 6.07) is 14.8. The Labute approximate surface area is 201 Å². The van der Waals surface area contributed by atoms with Gasteiger partial charge in [0, 0.05) is 5.02 Å². The highest BCUT2D eigenvalue weighted by atomic mass is 35.5. The third-order valence-corrected chi connectivity index (χ3v) is 6.80. The number of esters is 1. The zero-order chi connectivity index (χ0) is 23.7. The molecule has 0 aliphatic carbocycles. The SMILES string of the molecule is CCOC(=O)C1=C(C)N=c2s/c(=C/c3cccc(Cl)c3)c(=O)n2[C@@H]1c1ccc(C(C)C)cc1. The zero-order valence-electron chi connectivity index (χ0n) is 19.0. The highest BCUT2D eigenvalue weighted by Gasteiger charge is 2.33. The van der Waals surface area contributed by atoms with Gasteiger partial charge < -0.3 is 4.74 Å². The molecule has 0 radical (unpaired) electrons. The Kier molecular flexibility index (Phi) is 6.68. The molecule has 7 heteroatoms. The standard InChI is InChI=1S/C26H25ClN2O3S/c1-5-32-25(31)22-16(4)28-26-29(23(22)19-11-9-18(10-12-19)15(2)3)24(30)21(33-26)14-17-7-6-8-20(27)13-17/h6-15,23H,5H2,1-4H3/b21-14+/t23-/m1/s1. The fourth-order valence-corrected chi connectivity index (χ4v) is 5.16. The summed E-state index contributed by atoms with van der Waals surface area (Å²) in [6.07, 6.45) is 1.80. The Bertz CT molecular complexity index is 1410. The first-order valence-corrected chi connectivity index (χ1v) is 12.0. The molecule has 2 aromatic carbocycles. The molecule has 1 atom stereocenters. The van der Waals surface area contributed by atoms with Crippen molar-refractivity contribution in [3.8, 4) is 0 Å². The number of benzene rings is 2. The van der Waals surface area contributed by atoms with Crippen molar-refractivity contribution in [2.45, 2.75) is 39.7 Å². The van der Waals surface area contributed by atoms with Crippen molar-refractivity contribution < 1.29 is 9.53 Å². The lowest BCUT2D eigenvalue weighted by Gasteiger charge is -2.25. The molecule has 1 aliphatic rings. The van der Waals surface area contributed by atoms with E-state index in [0.29, 0.717) is 31.5 Å². The molecular formula is C26H25ClN2O3S. The van der Waals surface area contributed by atoms with Crippen molar-refractivity contribution >= 4 is 35.0 Å². The number of fused-ring (bicyclic) bond motifs is 1. The van der Waals surface area contributed by atoms with Crippen LogP contribution < -0.4 is 14.9 Å². The Hall–Kier alpha value is -2.96. The third-order valence-electron chi connectivity index (χ3n) is 5.58. The van der Waals surface area contributed by atoms with Crippen molar-refractivity contribution in [3.05, 3.63) is 101 Å². The molecule has 0 saturated carbocycles. The van der Waals surface area contributed by atoms with Gasteiger partial charge in [-0.1, -0.05) is 73.2 Å². The topological polar surface area (TPSA) is 60.7 Å². The molecule has 0 bridgehead atoms. The number of carbonyl (C=O) groups excluding carboxylic acids is 1. The molecule has 33 heavy (non-hydrogen) atoms. The first-order valence-electron chi connectivity index (χ1n) is 10.8. The molecule has 0 unspecified atom stereocenters. The van der Waals surface area contributed by atoms with E-state index in [4.69, 9.17) is 16.3 Å². The van der Waals surface area contributed by atoms with Crippen molar-refractivity contribution in [1.82, 2.24) is 4.57 Å². The Morgan fingerprint density at radius 2 is 1.97 bits per heavy atom. The summed E-state index contributed by atoms with van der Waals surface area (Å²) in [7, 11) is 0. The number of aromatic nitrogens is 1. The quantitative estimate of drug-likeness (QED) is 0.502. The number of nitrogens with zero attached hydrogens (tertiary/aromatic N) is 2. The van der Waals surface area contributed by atoms with E-state index in [1.165, 1.54) is 16.9 Å². The predicted octanol–water partition coefficient (Wildman–Crippen LogP) is 4.58. The van der Waals surface area contributed by atoms with Crippen molar-refractivity contribution in [3.63, 3.8) is 0 Å². The monoisotopic (exact) mass is 480 g/mol. The lowest BCUT2D eigenvalue weighted by atomic mass is 9.93. The van der Waals surface area contributed by atoms with Gasteiger partial charge in [0.1, 0.15) is 0 Å². The number of halogens is 1. The minimum atomic E-state index is -0.608. The van der Waals surface area contributed by atoms with Crippen molar-refractivity contribution in [2.24, 2.45) is 4.99 Å². The number of ether oxygens (including phenoxy) is 1. The van der Waals surface area contributed by atoms with E-state index in [2.05, 4.69) is 18.8 Å². The van der Waals surface area contributed by atoms with E-state index in [-0.39, 0.29) is 12.2 Å². The molecule has 1 aliphatic heterocycles. The summed E-state index contributed by atoms with van der Waals surface area (Å²) < 4.78 is 7.47. The first kappa shape index (κ1) is 23.2. The smallest absolute Gasteiger partial charge is 0.338 e. The van der Waals surface area contributed by atoms with Crippen molar-refractivity contribution in [2.75, 3.05) is 6.61 Å². The second-order valence-electron chi connectivity index (χ2n) is 8.18. The molecule has 0 saturated heterocycles. The third kappa shape index (κ3) is 4.59. The summed E-state index contributed by atoms with van der Waals surface area (Å²) in [5.41, 5.74) is 3.59.